The van der Waals surface area contributed by atoms with Gasteiger partial charge in [-0.25, -0.2) is 0 Å². The number of phenols is 1. The number of hydrogen-bond donors (Lipinski definition) is 2. The molecule has 1 atom stereocenters. The fourth-order valence-electron chi connectivity index (χ4n) is 3.55. The Bertz CT molecular complexity index is 604. The van der Waals surface area contributed by atoms with E-state index in [1.807, 2.05) is 6.92 Å². The highest BCUT2D eigenvalue weighted by Gasteiger charge is 2.27. The lowest BCUT2D eigenvalue weighted by Gasteiger charge is -2.23. The Hall–Kier alpha value is -1.95. The average Bonchev–Trinajstić information content (AvgIpc) is 3.08. The summed E-state index contributed by atoms with van der Waals surface area (Å²) in [5.74, 6) is 0.394. The van der Waals surface area contributed by atoms with Crippen molar-refractivity contribution in [2.24, 2.45) is 0 Å². The van der Waals surface area contributed by atoms with Crippen LogP contribution >= 0.6 is 0 Å². The summed E-state index contributed by atoms with van der Waals surface area (Å²) >= 11 is 0. The summed E-state index contributed by atoms with van der Waals surface area (Å²) in [6, 6.07) is 2.09. The minimum absolute atomic E-state index is 0.0178. The second-order valence-corrected chi connectivity index (χ2v) is 6.38. The molecule has 0 aromatic heterocycles. The van der Waals surface area contributed by atoms with Crippen LogP contribution in [-0.4, -0.2) is 55.8 Å². The van der Waals surface area contributed by atoms with Crippen molar-refractivity contribution in [2.75, 3.05) is 33.9 Å². The molecule has 1 heterocycles. The van der Waals surface area contributed by atoms with Crippen molar-refractivity contribution in [3.63, 3.8) is 0 Å². The minimum Gasteiger partial charge on any atom is -0.507 e. The number of rotatable bonds is 8. The van der Waals surface area contributed by atoms with E-state index in [9.17, 15) is 9.90 Å². The number of amides is 1. The van der Waals surface area contributed by atoms with E-state index in [4.69, 9.17) is 9.47 Å². The lowest BCUT2D eigenvalue weighted by molar-refractivity contribution is 0.0934. The van der Waals surface area contributed by atoms with Crippen LogP contribution < -0.4 is 14.8 Å². The fourth-order valence-corrected chi connectivity index (χ4v) is 3.55. The van der Waals surface area contributed by atoms with E-state index in [0.717, 1.165) is 32.4 Å². The van der Waals surface area contributed by atoms with Gasteiger partial charge in [-0.3, -0.25) is 9.69 Å². The van der Waals surface area contributed by atoms with Crippen molar-refractivity contribution in [2.45, 2.75) is 45.6 Å². The maximum Gasteiger partial charge on any atom is 0.259 e. The molecule has 0 unspecified atom stereocenters. The highest BCUT2D eigenvalue weighted by Crippen LogP contribution is 2.40. The molecule has 25 heavy (non-hydrogen) atoms. The molecule has 140 valence electrons. The van der Waals surface area contributed by atoms with Crippen LogP contribution in [0.1, 0.15) is 49.0 Å². The number of benzene rings is 1. The van der Waals surface area contributed by atoms with E-state index >= 15 is 0 Å². The average molecular weight is 350 g/mol. The standard InChI is InChI=1S/C19H30N2O4/c1-5-8-13-11-15(24-3)18(25-4)16(17(13)22)19(23)20-12-14-9-7-10-21(14)6-2/h11,14,22H,5-10,12H2,1-4H3,(H,20,23)/t14-/m0/s1. The molecule has 2 rings (SSSR count). The molecule has 1 aliphatic heterocycles. The quantitative estimate of drug-likeness (QED) is 0.754. The Morgan fingerprint density at radius 2 is 2.12 bits per heavy atom. The predicted molar refractivity (Wildman–Crippen MR) is 97.8 cm³/mol. The monoisotopic (exact) mass is 350 g/mol. The van der Waals surface area contributed by atoms with Gasteiger partial charge in [0.1, 0.15) is 11.3 Å². The first-order chi connectivity index (χ1) is 12.1. The Labute approximate surface area is 150 Å². The molecule has 0 aliphatic carbocycles. The van der Waals surface area contributed by atoms with Crippen molar-refractivity contribution in [3.05, 3.63) is 17.2 Å². The number of hydrogen-bond acceptors (Lipinski definition) is 5. The van der Waals surface area contributed by atoms with Crippen LogP contribution in [0.4, 0.5) is 0 Å². The number of aromatic hydroxyl groups is 1. The highest BCUT2D eigenvalue weighted by atomic mass is 16.5. The zero-order chi connectivity index (χ0) is 18.4. The molecule has 0 spiro atoms. The van der Waals surface area contributed by atoms with Gasteiger partial charge in [0.2, 0.25) is 0 Å². The summed E-state index contributed by atoms with van der Waals surface area (Å²) in [5, 5.41) is 13.6. The Balaban J connectivity index is 2.26. The summed E-state index contributed by atoms with van der Waals surface area (Å²) in [5.41, 5.74) is 0.854. The zero-order valence-electron chi connectivity index (χ0n) is 15.7. The maximum absolute atomic E-state index is 12.8. The molecular formula is C19H30N2O4. The molecule has 1 saturated heterocycles. The summed E-state index contributed by atoms with van der Waals surface area (Å²) < 4.78 is 10.7. The van der Waals surface area contributed by atoms with Crippen LogP contribution in [0, 0.1) is 0 Å². The summed E-state index contributed by atoms with van der Waals surface area (Å²) in [7, 11) is 3.01. The van der Waals surface area contributed by atoms with Gasteiger partial charge < -0.3 is 19.9 Å². The normalized spacial score (nSPS) is 17.5. The minimum atomic E-state index is -0.325. The molecule has 0 radical (unpaired) electrons. The largest absolute Gasteiger partial charge is 0.507 e. The maximum atomic E-state index is 12.8. The smallest absolute Gasteiger partial charge is 0.259 e. The molecular weight excluding hydrogens is 320 g/mol. The van der Waals surface area contributed by atoms with E-state index in [0.29, 0.717) is 30.3 Å². The van der Waals surface area contributed by atoms with E-state index in [1.165, 1.54) is 14.2 Å². The number of aryl methyl sites for hydroxylation is 1. The van der Waals surface area contributed by atoms with Gasteiger partial charge >= 0.3 is 0 Å². The molecule has 2 N–H and O–H groups in total. The van der Waals surface area contributed by atoms with Gasteiger partial charge in [-0.1, -0.05) is 20.3 Å². The molecule has 0 saturated carbocycles. The van der Waals surface area contributed by atoms with E-state index in [1.54, 1.807) is 6.07 Å². The summed E-state index contributed by atoms with van der Waals surface area (Å²) in [6.07, 6.45) is 3.76. The predicted octanol–water partition coefficient (Wildman–Crippen LogP) is 2.58. The van der Waals surface area contributed by atoms with Crippen molar-refractivity contribution in [1.82, 2.24) is 10.2 Å². The van der Waals surface area contributed by atoms with Gasteiger partial charge in [0, 0.05) is 12.6 Å². The van der Waals surface area contributed by atoms with Crippen molar-refractivity contribution in [1.29, 1.82) is 0 Å². The number of methoxy groups -OCH3 is 2. The number of likely N-dealkylation sites (tertiary alicyclic amines) is 1. The second kappa shape index (κ2) is 8.94. The molecule has 1 aliphatic rings. The van der Waals surface area contributed by atoms with Crippen LogP contribution in [0.15, 0.2) is 6.07 Å². The topological polar surface area (TPSA) is 71.0 Å². The number of nitrogens with zero attached hydrogens (tertiary/aromatic N) is 1. The number of carbonyl (C=O) groups is 1. The first-order valence-electron chi connectivity index (χ1n) is 9.06. The number of carbonyl (C=O) groups excluding carboxylic acids is 1. The number of ether oxygens (including phenoxy) is 2. The zero-order valence-corrected chi connectivity index (χ0v) is 15.7. The number of phenolic OH excluding ortho intramolecular Hbond substituents is 1. The van der Waals surface area contributed by atoms with Gasteiger partial charge in [0.05, 0.1) is 14.2 Å². The third-order valence-electron chi connectivity index (χ3n) is 4.87. The van der Waals surface area contributed by atoms with Crippen molar-refractivity contribution in [3.8, 4) is 17.2 Å². The van der Waals surface area contributed by atoms with Crippen LogP contribution in [-0.2, 0) is 6.42 Å². The third-order valence-corrected chi connectivity index (χ3v) is 4.87. The first kappa shape index (κ1) is 19.4. The SMILES string of the molecule is CCCc1cc(OC)c(OC)c(C(=O)NC[C@@H]2CCCN2CC)c1O. The van der Waals surface area contributed by atoms with Gasteiger partial charge in [-0.2, -0.15) is 0 Å². The molecule has 1 aromatic carbocycles. The number of nitrogens with one attached hydrogen (secondary N) is 1. The molecule has 1 aromatic rings. The summed E-state index contributed by atoms with van der Waals surface area (Å²) in [6.45, 7) is 6.78. The van der Waals surface area contributed by atoms with Gasteiger partial charge in [-0.15, -0.1) is 0 Å². The van der Waals surface area contributed by atoms with Gasteiger partial charge in [0.25, 0.3) is 5.91 Å². The molecule has 0 bridgehead atoms. The van der Waals surface area contributed by atoms with Crippen LogP contribution in [0.2, 0.25) is 0 Å². The fraction of sp³-hybridized carbons (Fsp3) is 0.632. The van der Waals surface area contributed by atoms with E-state index in [2.05, 4.69) is 17.1 Å². The second-order valence-electron chi connectivity index (χ2n) is 6.38. The molecule has 6 heteroatoms. The third kappa shape index (κ3) is 4.18. The van der Waals surface area contributed by atoms with Crippen molar-refractivity contribution >= 4 is 5.91 Å². The Morgan fingerprint density at radius 1 is 1.36 bits per heavy atom. The molecule has 1 amide bonds. The summed E-state index contributed by atoms with van der Waals surface area (Å²) in [4.78, 5) is 15.2. The highest BCUT2D eigenvalue weighted by molar-refractivity contribution is 6.01. The molecule has 1 fully saturated rings. The Morgan fingerprint density at radius 3 is 2.72 bits per heavy atom. The van der Waals surface area contributed by atoms with Gasteiger partial charge in [-0.05, 0) is 44.0 Å². The number of likely N-dealkylation sites (N-methyl/N-ethyl adjacent to an activating group) is 1. The Kier molecular flexibility index (Phi) is 6.93. The van der Waals surface area contributed by atoms with Crippen LogP contribution in [0.25, 0.3) is 0 Å². The van der Waals surface area contributed by atoms with Crippen LogP contribution in [0.5, 0.6) is 17.2 Å². The van der Waals surface area contributed by atoms with Crippen molar-refractivity contribution < 1.29 is 19.4 Å². The lowest BCUT2D eigenvalue weighted by atomic mass is 10.0. The van der Waals surface area contributed by atoms with Crippen LogP contribution in [0.3, 0.4) is 0 Å². The van der Waals surface area contributed by atoms with E-state index < -0.39 is 0 Å². The van der Waals surface area contributed by atoms with Gasteiger partial charge in [0.15, 0.2) is 11.5 Å². The van der Waals surface area contributed by atoms with E-state index in [-0.39, 0.29) is 23.0 Å². The first-order valence-corrected chi connectivity index (χ1v) is 9.06. The lowest BCUT2D eigenvalue weighted by Crippen LogP contribution is -2.40. The molecule has 6 nitrogen and oxygen atoms in total.